The molecule has 3 saturated heterocycles. The van der Waals surface area contributed by atoms with Crippen molar-refractivity contribution >= 4 is 11.6 Å². The SMILES string of the molecule is O=C(C1CCOCC1)N1CCC2(CC1)CCN(c1cccc(CO)c1F)CC2. The number of carbonyl (C=O) groups excluding carboxylic acids is 1. The molecule has 0 atom stereocenters. The summed E-state index contributed by atoms with van der Waals surface area (Å²) in [5.74, 6) is 0.169. The smallest absolute Gasteiger partial charge is 0.225 e. The summed E-state index contributed by atoms with van der Waals surface area (Å²) in [6, 6.07) is 5.26. The van der Waals surface area contributed by atoms with Gasteiger partial charge in [-0.3, -0.25) is 4.79 Å². The summed E-state index contributed by atoms with van der Waals surface area (Å²) in [4.78, 5) is 16.9. The van der Waals surface area contributed by atoms with Gasteiger partial charge in [0.15, 0.2) is 5.82 Å². The number of ether oxygens (including phenoxy) is 1. The zero-order valence-corrected chi connectivity index (χ0v) is 16.5. The Kier molecular flexibility index (Phi) is 5.88. The largest absolute Gasteiger partial charge is 0.392 e. The molecule has 3 aliphatic rings. The Morgan fingerprint density at radius 2 is 1.75 bits per heavy atom. The summed E-state index contributed by atoms with van der Waals surface area (Å²) in [5, 5.41) is 9.31. The van der Waals surface area contributed by atoms with E-state index in [0.717, 1.165) is 64.7 Å². The summed E-state index contributed by atoms with van der Waals surface area (Å²) < 4.78 is 19.9. The lowest BCUT2D eigenvalue weighted by atomic mass is 9.71. The van der Waals surface area contributed by atoms with E-state index in [-0.39, 0.29) is 23.8 Å². The van der Waals surface area contributed by atoms with Crippen LogP contribution in [0.25, 0.3) is 0 Å². The molecule has 1 aromatic rings. The lowest BCUT2D eigenvalue weighted by molar-refractivity contribution is -0.141. The molecule has 0 saturated carbocycles. The molecule has 1 amide bonds. The summed E-state index contributed by atoms with van der Waals surface area (Å²) in [7, 11) is 0. The van der Waals surface area contributed by atoms with Crippen molar-refractivity contribution in [3.63, 3.8) is 0 Å². The minimum atomic E-state index is -0.294. The van der Waals surface area contributed by atoms with E-state index in [4.69, 9.17) is 4.74 Å². The van der Waals surface area contributed by atoms with E-state index in [2.05, 4.69) is 9.80 Å². The van der Waals surface area contributed by atoms with E-state index in [1.165, 1.54) is 0 Å². The maximum atomic E-state index is 14.6. The maximum absolute atomic E-state index is 14.6. The number of amides is 1. The highest BCUT2D eigenvalue weighted by Crippen LogP contribution is 2.43. The topological polar surface area (TPSA) is 53.0 Å². The summed E-state index contributed by atoms with van der Waals surface area (Å²) in [6.45, 7) is 4.51. The molecule has 0 aliphatic carbocycles. The fourth-order valence-corrected chi connectivity index (χ4v) is 5.06. The Morgan fingerprint density at radius 1 is 1.11 bits per heavy atom. The van der Waals surface area contributed by atoms with Crippen molar-refractivity contribution in [3.05, 3.63) is 29.6 Å². The number of carbonyl (C=O) groups is 1. The van der Waals surface area contributed by atoms with Crippen LogP contribution in [0.5, 0.6) is 0 Å². The van der Waals surface area contributed by atoms with Gasteiger partial charge in [0.2, 0.25) is 5.91 Å². The van der Waals surface area contributed by atoms with Gasteiger partial charge in [-0.1, -0.05) is 12.1 Å². The van der Waals surface area contributed by atoms with Crippen LogP contribution in [0.3, 0.4) is 0 Å². The first-order valence-corrected chi connectivity index (χ1v) is 10.6. The van der Waals surface area contributed by atoms with Crippen LogP contribution < -0.4 is 4.90 Å². The zero-order chi connectivity index (χ0) is 19.6. The van der Waals surface area contributed by atoms with Gasteiger partial charge < -0.3 is 19.6 Å². The number of hydrogen-bond acceptors (Lipinski definition) is 4. The molecule has 3 fully saturated rings. The van der Waals surface area contributed by atoms with Gasteiger partial charge in [0.25, 0.3) is 0 Å². The van der Waals surface area contributed by atoms with Crippen LogP contribution in [0.1, 0.15) is 44.1 Å². The van der Waals surface area contributed by atoms with Gasteiger partial charge in [0.1, 0.15) is 0 Å². The Hall–Kier alpha value is -1.66. The van der Waals surface area contributed by atoms with Crippen molar-refractivity contribution in [1.29, 1.82) is 0 Å². The third kappa shape index (κ3) is 3.90. The molecule has 28 heavy (non-hydrogen) atoms. The number of hydrogen-bond donors (Lipinski definition) is 1. The Bertz CT molecular complexity index is 687. The van der Waals surface area contributed by atoms with Gasteiger partial charge >= 0.3 is 0 Å². The van der Waals surface area contributed by atoms with Gasteiger partial charge in [0, 0.05) is 50.9 Å². The van der Waals surface area contributed by atoms with Crippen molar-refractivity contribution in [1.82, 2.24) is 4.90 Å². The number of likely N-dealkylation sites (tertiary alicyclic amines) is 1. The number of rotatable bonds is 3. The highest BCUT2D eigenvalue weighted by atomic mass is 19.1. The van der Waals surface area contributed by atoms with Crippen LogP contribution in [0.15, 0.2) is 18.2 Å². The second kappa shape index (κ2) is 8.37. The second-order valence-corrected chi connectivity index (χ2v) is 8.61. The fraction of sp³-hybridized carbons (Fsp3) is 0.682. The van der Waals surface area contributed by atoms with E-state index >= 15 is 0 Å². The minimum absolute atomic E-state index is 0.145. The van der Waals surface area contributed by atoms with Crippen LogP contribution in [-0.2, 0) is 16.1 Å². The van der Waals surface area contributed by atoms with Crippen molar-refractivity contribution in [2.75, 3.05) is 44.3 Å². The lowest BCUT2D eigenvalue weighted by Crippen LogP contribution is -2.50. The molecule has 154 valence electrons. The monoisotopic (exact) mass is 390 g/mol. The van der Waals surface area contributed by atoms with E-state index in [1.54, 1.807) is 6.07 Å². The van der Waals surface area contributed by atoms with E-state index in [0.29, 0.717) is 30.4 Å². The fourth-order valence-electron chi connectivity index (χ4n) is 5.06. The molecular weight excluding hydrogens is 359 g/mol. The summed E-state index contributed by atoms with van der Waals surface area (Å²) in [5.41, 5.74) is 1.25. The van der Waals surface area contributed by atoms with E-state index in [1.807, 2.05) is 12.1 Å². The van der Waals surface area contributed by atoms with E-state index < -0.39 is 0 Å². The number of anilines is 1. The molecule has 0 unspecified atom stereocenters. The van der Waals surface area contributed by atoms with Crippen molar-refractivity contribution in [3.8, 4) is 0 Å². The number of nitrogens with zero attached hydrogens (tertiary/aromatic N) is 2. The molecule has 0 bridgehead atoms. The highest BCUT2D eigenvalue weighted by molar-refractivity contribution is 5.79. The summed E-state index contributed by atoms with van der Waals surface area (Å²) >= 11 is 0. The zero-order valence-electron chi connectivity index (χ0n) is 16.5. The number of benzene rings is 1. The molecule has 0 radical (unpaired) electrons. The van der Waals surface area contributed by atoms with Crippen LogP contribution in [-0.4, -0.2) is 55.3 Å². The van der Waals surface area contributed by atoms with Crippen molar-refractivity contribution in [2.45, 2.75) is 45.1 Å². The molecule has 1 spiro atoms. The average Bonchev–Trinajstić information content (AvgIpc) is 2.75. The van der Waals surface area contributed by atoms with Gasteiger partial charge in [-0.15, -0.1) is 0 Å². The predicted molar refractivity (Wildman–Crippen MR) is 106 cm³/mol. The average molecular weight is 390 g/mol. The van der Waals surface area contributed by atoms with Crippen LogP contribution in [0.2, 0.25) is 0 Å². The van der Waals surface area contributed by atoms with Gasteiger partial charge in [0.05, 0.1) is 12.3 Å². The first kappa shape index (κ1) is 19.6. The van der Waals surface area contributed by atoms with Crippen molar-refractivity contribution in [2.24, 2.45) is 11.3 Å². The third-order valence-electron chi connectivity index (χ3n) is 7.10. The maximum Gasteiger partial charge on any atom is 0.225 e. The highest BCUT2D eigenvalue weighted by Gasteiger charge is 2.40. The quantitative estimate of drug-likeness (QED) is 0.862. The molecule has 4 rings (SSSR count). The number of piperidine rings is 2. The predicted octanol–water partition coefficient (Wildman–Crippen LogP) is 2.95. The van der Waals surface area contributed by atoms with E-state index in [9.17, 15) is 14.3 Å². The molecule has 6 heteroatoms. The molecule has 3 heterocycles. The van der Waals surface area contributed by atoms with Crippen LogP contribution in [0.4, 0.5) is 10.1 Å². The third-order valence-corrected chi connectivity index (χ3v) is 7.10. The normalized spacial score (nSPS) is 23.2. The Morgan fingerprint density at radius 3 is 2.39 bits per heavy atom. The van der Waals surface area contributed by atoms with Crippen LogP contribution in [0, 0.1) is 17.2 Å². The number of aliphatic hydroxyl groups is 1. The number of halogens is 1. The first-order valence-electron chi connectivity index (χ1n) is 10.6. The van der Waals surface area contributed by atoms with Gasteiger partial charge in [-0.05, 0) is 50.0 Å². The Balaban J connectivity index is 1.32. The van der Waals surface area contributed by atoms with Crippen LogP contribution >= 0.6 is 0 Å². The lowest BCUT2D eigenvalue weighted by Gasteiger charge is -2.48. The molecule has 5 nitrogen and oxygen atoms in total. The van der Waals surface area contributed by atoms with Crippen molar-refractivity contribution < 1.29 is 19.0 Å². The summed E-state index contributed by atoms with van der Waals surface area (Å²) in [6.07, 6.45) is 5.88. The minimum Gasteiger partial charge on any atom is -0.392 e. The Labute approximate surface area is 166 Å². The molecule has 1 aromatic carbocycles. The first-order chi connectivity index (χ1) is 13.6. The molecule has 3 aliphatic heterocycles. The molecule has 1 N–H and O–H groups in total. The van der Waals surface area contributed by atoms with Gasteiger partial charge in [-0.2, -0.15) is 0 Å². The molecule has 0 aromatic heterocycles. The standard InChI is InChI=1S/C22H31FN2O3/c23-20-18(16-26)2-1-3-19(20)24-10-6-22(7-11-24)8-12-25(13-9-22)21(27)17-4-14-28-15-5-17/h1-3,17,26H,4-16H2. The number of aliphatic hydroxyl groups excluding tert-OH is 1. The van der Waals surface area contributed by atoms with Gasteiger partial charge in [-0.25, -0.2) is 4.39 Å². The second-order valence-electron chi connectivity index (χ2n) is 8.61. The molecular formula is C22H31FN2O3.